The Kier molecular flexibility index (Phi) is 4.54. The maximum absolute atomic E-state index is 11.1. The summed E-state index contributed by atoms with van der Waals surface area (Å²) < 4.78 is 7.24. The number of fused-ring (bicyclic) bond motifs is 1. The Morgan fingerprint density at radius 1 is 1.19 bits per heavy atom. The quantitative estimate of drug-likeness (QED) is 0.733. The molecular formula is C21H21N3O3. The first-order valence-corrected chi connectivity index (χ1v) is 9.01. The van der Waals surface area contributed by atoms with E-state index in [4.69, 9.17) is 14.9 Å². The van der Waals surface area contributed by atoms with E-state index < -0.39 is 5.97 Å². The van der Waals surface area contributed by atoms with Crippen LogP contribution in [0.25, 0.3) is 16.9 Å². The molecule has 0 aliphatic carbocycles. The van der Waals surface area contributed by atoms with Gasteiger partial charge in [0.05, 0.1) is 24.1 Å². The summed E-state index contributed by atoms with van der Waals surface area (Å²) in [6, 6.07) is 14.7. The van der Waals surface area contributed by atoms with E-state index in [0.29, 0.717) is 0 Å². The van der Waals surface area contributed by atoms with Crippen LogP contribution in [0.1, 0.15) is 28.8 Å². The van der Waals surface area contributed by atoms with Crippen molar-refractivity contribution in [3.63, 3.8) is 0 Å². The summed E-state index contributed by atoms with van der Waals surface area (Å²) in [4.78, 5) is 11.1. The fourth-order valence-electron chi connectivity index (χ4n) is 3.44. The molecule has 1 aromatic heterocycles. The molecule has 3 aromatic rings. The molecule has 0 atom stereocenters. The van der Waals surface area contributed by atoms with Gasteiger partial charge in [-0.2, -0.15) is 5.10 Å². The summed E-state index contributed by atoms with van der Waals surface area (Å²) in [5, 5.41) is 17.5. The van der Waals surface area contributed by atoms with Crippen LogP contribution in [0.15, 0.2) is 48.5 Å². The Morgan fingerprint density at radius 3 is 2.74 bits per heavy atom. The van der Waals surface area contributed by atoms with E-state index in [9.17, 15) is 4.79 Å². The standard InChI is InChI=1S/C21H21N3O3/c1-27-17-6-4-5-15(13-17)19-18-7-2-3-12-22-20(18)24(23-19)16-10-8-14(9-11-16)21(25)26/h4-6,8-11,13,22H,2-3,7,12H2,1H3,(H,25,26). The lowest BCUT2D eigenvalue weighted by molar-refractivity contribution is 0.0697. The molecule has 138 valence electrons. The highest BCUT2D eigenvalue weighted by Crippen LogP contribution is 2.35. The summed E-state index contributed by atoms with van der Waals surface area (Å²) in [5.41, 5.74) is 4.22. The van der Waals surface area contributed by atoms with E-state index in [1.807, 2.05) is 28.9 Å². The van der Waals surface area contributed by atoms with Crippen molar-refractivity contribution in [2.75, 3.05) is 19.0 Å². The van der Waals surface area contributed by atoms with Crippen LogP contribution in [0, 0.1) is 0 Å². The number of carboxylic acids is 1. The number of nitrogens with one attached hydrogen (secondary N) is 1. The van der Waals surface area contributed by atoms with Gasteiger partial charge in [0.1, 0.15) is 11.6 Å². The van der Waals surface area contributed by atoms with Gasteiger partial charge in [-0.1, -0.05) is 12.1 Å². The number of methoxy groups -OCH3 is 1. The average Bonchev–Trinajstić information content (AvgIpc) is 2.89. The maximum atomic E-state index is 11.1. The lowest BCUT2D eigenvalue weighted by Gasteiger charge is -2.09. The van der Waals surface area contributed by atoms with Crippen LogP contribution in [0.5, 0.6) is 5.75 Å². The molecule has 0 saturated heterocycles. The average molecular weight is 363 g/mol. The number of aromatic carboxylic acids is 1. The summed E-state index contributed by atoms with van der Waals surface area (Å²) in [6.45, 7) is 0.892. The van der Waals surface area contributed by atoms with Crippen LogP contribution in [0.3, 0.4) is 0 Å². The Labute approximate surface area is 157 Å². The van der Waals surface area contributed by atoms with Crippen molar-refractivity contribution in [3.05, 3.63) is 59.7 Å². The van der Waals surface area contributed by atoms with Gasteiger partial charge in [-0.25, -0.2) is 9.48 Å². The number of anilines is 1. The molecule has 2 N–H and O–H groups in total. The summed E-state index contributed by atoms with van der Waals surface area (Å²) in [7, 11) is 1.66. The van der Waals surface area contributed by atoms with E-state index in [-0.39, 0.29) is 5.56 Å². The minimum atomic E-state index is -0.934. The normalized spacial score (nSPS) is 13.4. The third-order valence-corrected chi connectivity index (χ3v) is 4.83. The number of benzene rings is 2. The second kappa shape index (κ2) is 7.15. The molecule has 0 fully saturated rings. The molecule has 2 heterocycles. The van der Waals surface area contributed by atoms with Gasteiger partial charge in [-0.15, -0.1) is 0 Å². The smallest absolute Gasteiger partial charge is 0.335 e. The number of ether oxygens (including phenoxy) is 1. The van der Waals surface area contributed by atoms with Crippen molar-refractivity contribution in [1.29, 1.82) is 0 Å². The molecule has 1 aliphatic rings. The fourth-order valence-corrected chi connectivity index (χ4v) is 3.44. The number of carbonyl (C=O) groups is 1. The molecule has 0 unspecified atom stereocenters. The molecule has 2 aromatic carbocycles. The third kappa shape index (κ3) is 3.26. The molecule has 0 bridgehead atoms. The number of carboxylic acid groups (broad SMARTS) is 1. The van der Waals surface area contributed by atoms with E-state index >= 15 is 0 Å². The number of rotatable bonds is 4. The second-order valence-corrected chi connectivity index (χ2v) is 6.56. The van der Waals surface area contributed by atoms with Crippen molar-refractivity contribution < 1.29 is 14.6 Å². The summed E-state index contributed by atoms with van der Waals surface area (Å²) in [5.74, 6) is 0.840. The fraction of sp³-hybridized carbons (Fsp3) is 0.238. The highest BCUT2D eigenvalue weighted by atomic mass is 16.5. The van der Waals surface area contributed by atoms with Crippen LogP contribution in [0.4, 0.5) is 5.82 Å². The zero-order valence-corrected chi connectivity index (χ0v) is 15.1. The van der Waals surface area contributed by atoms with Crippen molar-refractivity contribution in [2.45, 2.75) is 19.3 Å². The van der Waals surface area contributed by atoms with Crippen LogP contribution < -0.4 is 10.1 Å². The van der Waals surface area contributed by atoms with Crippen molar-refractivity contribution in [2.24, 2.45) is 0 Å². The topological polar surface area (TPSA) is 76.4 Å². The molecule has 1 aliphatic heterocycles. The van der Waals surface area contributed by atoms with Crippen LogP contribution in [-0.2, 0) is 6.42 Å². The predicted molar refractivity (Wildman–Crippen MR) is 104 cm³/mol. The van der Waals surface area contributed by atoms with Crippen molar-refractivity contribution in [1.82, 2.24) is 9.78 Å². The number of nitrogens with zero attached hydrogens (tertiary/aromatic N) is 2. The first-order valence-electron chi connectivity index (χ1n) is 9.01. The van der Waals surface area contributed by atoms with Gasteiger partial charge in [-0.3, -0.25) is 0 Å². The molecule has 6 heteroatoms. The minimum absolute atomic E-state index is 0.262. The van der Waals surface area contributed by atoms with Crippen LogP contribution in [-0.4, -0.2) is 34.5 Å². The highest BCUT2D eigenvalue weighted by Gasteiger charge is 2.22. The molecular weight excluding hydrogens is 342 g/mol. The monoisotopic (exact) mass is 363 g/mol. The van der Waals surface area contributed by atoms with Crippen LogP contribution in [0.2, 0.25) is 0 Å². The van der Waals surface area contributed by atoms with E-state index in [1.165, 1.54) is 5.56 Å². The molecule has 0 radical (unpaired) electrons. The molecule has 6 nitrogen and oxygen atoms in total. The third-order valence-electron chi connectivity index (χ3n) is 4.83. The zero-order chi connectivity index (χ0) is 18.8. The molecule has 0 amide bonds. The van der Waals surface area contributed by atoms with Gasteiger partial charge in [0.25, 0.3) is 0 Å². The summed E-state index contributed by atoms with van der Waals surface area (Å²) >= 11 is 0. The minimum Gasteiger partial charge on any atom is -0.497 e. The van der Waals surface area contributed by atoms with Crippen LogP contribution >= 0.6 is 0 Å². The molecule has 27 heavy (non-hydrogen) atoms. The first kappa shape index (κ1) is 17.1. The lowest BCUT2D eigenvalue weighted by Crippen LogP contribution is -2.07. The Morgan fingerprint density at radius 2 is 2.00 bits per heavy atom. The van der Waals surface area contributed by atoms with Crippen molar-refractivity contribution in [3.8, 4) is 22.7 Å². The highest BCUT2D eigenvalue weighted by molar-refractivity contribution is 5.87. The largest absolute Gasteiger partial charge is 0.497 e. The lowest BCUT2D eigenvalue weighted by atomic mass is 10.0. The van der Waals surface area contributed by atoms with Gasteiger partial charge < -0.3 is 15.2 Å². The number of hydrogen-bond donors (Lipinski definition) is 2. The zero-order valence-electron chi connectivity index (χ0n) is 15.1. The SMILES string of the molecule is COc1cccc(-c2nn(-c3ccc(C(=O)O)cc3)c3c2CCCCN3)c1. The molecule has 0 saturated carbocycles. The van der Waals surface area contributed by atoms with E-state index in [0.717, 1.165) is 54.3 Å². The Bertz CT molecular complexity index is 977. The second-order valence-electron chi connectivity index (χ2n) is 6.56. The van der Waals surface area contributed by atoms with Gasteiger partial charge >= 0.3 is 5.97 Å². The molecule has 0 spiro atoms. The maximum Gasteiger partial charge on any atom is 0.335 e. The van der Waals surface area contributed by atoms with Gasteiger partial charge in [0.15, 0.2) is 0 Å². The Hall–Kier alpha value is -3.28. The van der Waals surface area contributed by atoms with E-state index in [1.54, 1.807) is 31.4 Å². The summed E-state index contributed by atoms with van der Waals surface area (Å²) in [6.07, 6.45) is 3.15. The van der Waals surface area contributed by atoms with Crippen molar-refractivity contribution >= 4 is 11.8 Å². The van der Waals surface area contributed by atoms with Gasteiger partial charge in [0, 0.05) is 17.7 Å². The molecule has 4 rings (SSSR count). The van der Waals surface area contributed by atoms with Gasteiger partial charge in [-0.05, 0) is 55.7 Å². The predicted octanol–water partition coefficient (Wildman–Crippen LogP) is 3.99. The van der Waals surface area contributed by atoms with E-state index in [2.05, 4.69) is 5.32 Å². The van der Waals surface area contributed by atoms with Gasteiger partial charge in [0.2, 0.25) is 0 Å². The Balaban J connectivity index is 1.85. The number of hydrogen-bond acceptors (Lipinski definition) is 4. The first-order chi connectivity index (χ1) is 13.2. The number of aromatic nitrogens is 2.